The van der Waals surface area contributed by atoms with E-state index in [1.807, 2.05) is 39.8 Å². The van der Waals surface area contributed by atoms with Crippen LogP contribution in [0.4, 0.5) is 0 Å². The number of Topliss-reactive ketones (excluding diaryl/α,β-unsaturated/α-hetero) is 1. The molecule has 0 bridgehead atoms. The first-order valence-electron chi connectivity index (χ1n) is 17.7. The van der Waals surface area contributed by atoms with E-state index in [1.54, 1.807) is 34.6 Å². The van der Waals surface area contributed by atoms with E-state index in [0.29, 0.717) is 6.42 Å². The Morgan fingerprint density at radius 2 is 1.44 bits per heavy atom. The molecular weight excluding hydrogens is 626 g/mol. The van der Waals surface area contributed by atoms with Gasteiger partial charge in [0.2, 0.25) is 0 Å². The van der Waals surface area contributed by atoms with Crippen LogP contribution in [0.15, 0.2) is 0 Å². The molecule has 0 aliphatic carbocycles. The minimum Gasteiger partial charge on any atom is -0.462 e. The molecule has 0 aromatic rings. The van der Waals surface area contributed by atoms with Crippen LogP contribution in [0.1, 0.15) is 74.7 Å². The van der Waals surface area contributed by atoms with E-state index in [0.717, 1.165) is 0 Å². The Morgan fingerprint density at radius 3 is 2.02 bits per heavy atom. The van der Waals surface area contributed by atoms with Gasteiger partial charge in [0.25, 0.3) is 0 Å². The lowest BCUT2D eigenvalue weighted by atomic mass is 9.76. The van der Waals surface area contributed by atoms with Gasteiger partial charge in [-0.3, -0.25) is 9.59 Å². The van der Waals surface area contributed by atoms with E-state index in [9.17, 15) is 24.9 Å². The van der Waals surface area contributed by atoms with E-state index < -0.39 is 96.7 Å². The van der Waals surface area contributed by atoms with Gasteiger partial charge in [-0.1, -0.05) is 27.7 Å². The van der Waals surface area contributed by atoms with Gasteiger partial charge in [0, 0.05) is 37.3 Å². The number of cyclic esters (lactones) is 1. The lowest BCUT2D eigenvalue weighted by Gasteiger charge is -2.46. The summed E-state index contributed by atoms with van der Waals surface area (Å²) in [4.78, 5) is 29.7. The number of likely N-dealkylation sites (N-methyl/N-ethyl adjacent to an activating group) is 1. The maximum absolute atomic E-state index is 13.9. The fourth-order valence-corrected chi connectivity index (χ4v) is 7.89. The van der Waals surface area contributed by atoms with Crippen molar-refractivity contribution in [2.45, 2.75) is 154 Å². The summed E-state index contributed by atoms with van der Waals surface area (Å²) in [6.45, 7) is 14.6. The number of ketones is 1. The molecule has 0 saturated carbocycles. The first-order valence-corrected chi connectivity index (χ1v) is 17.7. The highest BCUT2D eigenvalue weighted by molar-refractivity contribution is 5.92. The van der Waals surface area contributed by atoms with Gasteiger partial charge in [-0.25, -0.2) is 0 Å². The van der Waals surface area contributed by atoms with Crippen molar-refractivity contribution in [3.05, 3.63) is 0 Å². The summed E-state index contributed by atoms with van der Waals surface area (Å²) in [6.07, 6.45) is -7.15. The number of aliphatic hydroxyl groups is 3. The van der Waals surface area contributed by atoms with E-state index in [4.69, 9.17) is 33.2 Å². The summed E-state index contributed by atoms with van der Waals surface area (Å²) in [5.41, 5.74) is -1.10. The Labute approximate surface area is 285 Å². The molecule has 4 fully saturated rings. The first kappa shape index (κ1) is 39.5. The third-order valence-electron chi connectivity index (χ3n) is 11.4. The zero-order valence-electron chi connectivity index (χ0n) is 30.6. The Hall–Kier alpha value is -1.26. The maximum Gasteiger partial charge on any atom is 0.311 e. The third-order valence-corrected chi connectivity index (χ3v) is 11.4. The average Bonchev–Trinajstić information content (AvgIpc) is 3.82. The predicted octanol–water partition coefficient (Wildman–Crippen LogP) is 1.91. The zero-order chi connectivity index (χ0) is 35.8. The SMILES string of the molecule is CO[C@H]1C[C@@H](O[C@H]2[C@H](C)[C@@H](OC3O[C@H](C)C[C@H](N(C)C)[C@H]3O)[C@@H](C)C[C@]3(CO3)C(=O)[C@H](C)[C@@H](O)[C@@H](C)[C@@H](C)OC(=O)[C@@H]2C)O[C@@H](C)[C@@H]1O. The summed E-state index contributed by atoms with van der Waals surface area (Å²) in [6, 6.07) is -0.219. The standard InChI is InChI=1S/C35H61NO12/c1-16-14-35(15-43-35)32(40)19(4)27(37)18(3)22(7)46-33(41)21(6)31(47-26-13-25(42-11)28(38)23(8)45-26)20(5)30(16)48-34-29(39)24(36(9)10)12-17(2)44-34/h16-31,34,37-39H,12-15H2,1-11H3/t16-,17+,18-,19+,20+,21+,22+,23-,24-,25-,26+,27-,28-,29+,30-,31-,34?,35-/m0/s1. The molecule has 4 heterocycles. The highest BCUT2D eigenvalue weighted by Gasteiger charge is 2.57. The lowest BCUT2D eigenvalue weighted by molar-refractivity contribution is -0.299. The highest BCUT2D eigenvalue weighted by Crippen LogP contribution is 2.43. The monoisotopic (exact) mass is 687 g/mol. The number of methoxy groups -OCH3 is 1. The quantitative estimate of drug-likeness (QED) is 0.274. The summed E-state index contributed by atoms with van der Waals surface area (Å²) in [5, 5.41) is 33.3. The van der Waals surface area contributed by atoms with Crippen molar-refractivity contribution in [1.82, 2.24) is 4.90 Å². The number of rotatable bonds is 6. The van der Waals surface area contributed by atoms with E-state index >= 15 is 0 Å². The predicted molar refractivity (Wildman–Crippen MR) is 174 cm³/mol. The second-order valence-corrected chi connectivity index (χ2v) is 15.3. The van der Waals surface area contributed by atoms with Gasteiger partial charge in [-0.2, -0.15) is 0 Å². The number of esters is 1. The number of ether oxygens (including phenoxy) is 7. The van der Waals surface area contributed by atoms with E-state index in [2.05, 4.69) is 0 Å². The van der Waals surface area contributed by atoms with Crippen molar-refractivity contribution in [3.8, 4) is 0 Å². The Kier molecular flexibility index (Phi) is 13.1. The molecule has 48 heavy (non-hydrogen) atoms. The number of epoxide rings is 1. The van der Waals surface area contributed by atoms with Crippen LogP contribution in [0.25, 0.3) is 0 Å². The second-order valence-electron chi connectivity index (χ2n) is 15.3. The molecular formula is C35H61NO12. The second kappa shape index (κ2) is 16.0. The summed E-state index contributed by atoms with van der Waals surface area (Å²) in [7, 11) is 5.32. The largest absolute Gasteiger partial charge is 0.462 e. The van der Waals surface area contributed by atoms with Gasteiger partial charge >= 0.3 is 5.97 Å². The molecule has 4 aliphatic heterocycles. The molecule has 278 valence electrons. The molecule has 4 rings (SSSR count). The molecule has 1 spiro atoms. The molecule has 0 radical (unpaired) electrons. The van der Waals surface area contributed by atoms with E-state index in [1.165, 1.54) is 7.11 Å². The van der Waals surface area contributed by atoms with Crippen LogP contribution in [0.3, 0.4) is 0 Å². The molecule has 0 aromatic heterocycles. The minimum atomic E-state index is -1.10. The lowest BCUT2D eigenvalue weighted by Crippen LogP contribution is -2.57. The van der Waals surface area contributed by atoms with Gasteiger partial charge in [-0.05, 0) is 60.5 Å². The van der Waals surface area contributed by atoms with Crippen molar-refractivity contribution in [1.29, 1.82) is 0 Å². The molecule has 0 amide bonds. The summed E-state index contributed by atoms with van der Waals surface area (Å²) >= 11 is 0. The first-order chi connectivity index (χ1) is 22.4. The molecule has 4 aliphatic rings. The molecule has 4 saturated heterocycles. The van der Waals surface area contributed by atoms with Gasteiger partial charge < -0.3 is 53.4 Å². The van der Waals surface area contributed by atoms with Crippen molar-refractivity contribution in [2.75, 3.05) is 27.8 Å². The average molecular weight is 688 g/mol. The van der Waals surface area contributed by atoms with Crippen molar-refractivity contribution < 1.29 is 58.1 Å². The maximum atomic E-state index is 13.9. The molecule has 1 unspecified atom stereocenters. The van der Waals surface area contributed by atoms with Gasteiger partial charge in [-0.15, -0.1) is 0 Å². The number of carbonyl (C=O) groups is 2. The molecule has 3 N–H and O–H groups in total. The van der Waals surface area contributed by atoms with Crippen LogP contribution < -0.4 is 0 Å². The van der Waals surface area contributed by atoms with Crippen LogP contribution in [-0.2, 0) is 42.7 Å². The smallest absolute Gasteiger partial charge is 0.311 e. The van der Waals surface area contributed by atoms with Gasteiger partial charge in [0.05, 0.1) is 49.1 Å². The number of aliphatic hydroxyl groups excluding tert-OH is 3. The Morgan fingerprint density at radius 1 is 0.792 bits per heavy atom. The highest BCUT2D eigenvalue weighted by atomic mass is 16.7. The Balaban J connectivity index is 1.75. The van der Waals surface area contributed by atoms with Crippen molar-refractivity contribution in [3.63, 3.8) is 0 Å². The molecule has 13 nitrogen and oxygen atoms in total. The number of carbonyl (C=O) groups excluding carboxylic acids is 2. The van der Waals surface area contributed by atoms with Crippen LogP contribution in [-0.4, -0.2) is 139 Å². The third kappa shape index (κ3) is 8.43. The Bertz CT molecular complexity index is 1090. The van der Waals surface area contributed by atoms with Crippen LogP contribution in [0.5, 0.6) is 0 Å². The van der Waals surface area contributed by atoms with Crippen LogP contribution in [0.2, 0.25) is 0 Å². The molecule has 13 heteroatoms. The molecule has 18 atom stereocenters. The number of hydrogen-bond acceptors (Lipinski definition) is 13. The number of nitrogens with zero attached hydrogens (tertiary/aromatic N) is 1. The number of hydrogen-bond donors (Lipinski definition) is 3. The van der Waals surface area contributed by atoms with Gasteiger partial charge in [0.1, 0.15) is 18.3 Å². The van der Waals surface area contributed by atoms with Crippen LogP contribution in [0, 0.1) is 29.6 Å². The van der Waals surface area contributed by atoms with E-state index in [-0.39, 0.29) is 43.3 Å². The van der Waals surface area contributed by atoms with Crippen LogP contribution >= 0.6 is 0 Å². The topological polar surface area (TPSA) is 166 Å². The minimum absolute atomic E-state index is 0.198. The normalized spacial score (nSPS) is 49.9. The molecule has 0 aromatic carbocycles. The summed E-state index contributed by atoms with van der Waals surface area (Å²) < 4.78 is 43.0. The summed E-state index contributed by atoms with van der Waals surface area (Å²) in [5.74, 6) is -3.74. The fourth-order valence-electron chi connectivity index (χ4n) is 7.89. The van der Waals surface area contributed by atoms with Gasteiger partial charge in [0.15, 0.2) is 24.0 Å². The fraction of sp³-hybridized carbons (Fsp3) is 0.943. The zero-order valence-corrected chi connectivity index (χ0v) is 30.6. The van der Waals surface area contributed by atoms with Crippen molar-refractivity contribution >= 4 is 11.8 Å². The van der Waals surface area contributed by atoms with Crippen molar-refractivity contribution in [2.24, 2.45) is 29.6 Å².